The molecular weight excluding hydrogens is 345 g/mol. The fourth-order valence-electron chi connectivity index (χ4n) is 3.00. The van der Waals surface area contributed by atoms with E-state index in [1.807, 2.05) is 23.8 Å². The van der Waals surface area contributed by atoms with Gasteiger partial charge in [-0.3, -0.25) is 9.48 Å². The van der Waals surface area contributed by atoms with Gasteiger partial charge in [-0.15, -0.1) is 0 Å². The smallest absolute Gasteiger partial charge is 0.255 e. The molecule has 1 aromatic carbocycles. The minimum atomic E-state index is -0.285. The van der Waals surface area contributed by atoms with Crippen LogP contribution in [-0.4, -0.2) is 37.0 Å². The van der Waals surface area contributed by atoms with Crippen LogP contribution in [0.2, 0.25) is 0 Å². The summed E-state index contributed by atoms with van der Waals surface area (Å²) in [6.45, 7) is 0.482. The number of carbonyl (C=O) groups excluding carboxylic acids is 1. The summed E-state index contributed by atoms with van der Waals surface area (Å²) in [6, 6.07) is 9.75. The Bertz CT molecular complexity index is 1110. The molecule has 0 aliphatic carbocycles. The van der Waals surface area contributed by atoms with Gasteiger partial charge in [0.05, 0.1) is 17.5 Å². The highest BCUT2D eigenvalue weighted by molar-refractivity contribution is 5.94. The van der Waals surface area contributed by atoms with Gasteiger partial charge in [0.1, 0.15) is 11.5 Å². The summed E-state index contributed by atoms with van der Waals surface area (Å²) in [5.74, 6) is -0.371. The predicted octanol–water partition coefficient (Wildman–Crippen LogP) is 3.15. The van der Waals surface area contributed by atoms with Crippen LogP contribution in [0.25, 0.3) is 16.9 Å². The molecule has 0 atom stereocenters. The van der Waals surface area contributed by atoms with Crippen molar-refractivity contribution in [1.82, 2.24) is 24.1 Å². The van der Waals surface area contributed by atoms with Crippen molar-refractivity contribution >= 4 is 11.6 Å². The summed E-state index contributed by atoms with van der Waals surface area (Å²) in [5, 5.41) is 4.12. The lowest BCUT2D eigenvalue weighted by Crippen LogP contribution is -2.26. The molecule has 3 aromatic heterocycles. The second-order valence-corrected chi connectivity index (χ2v) is 6.50. The van der Waals surface area contributed by atoms with E-state index >= 15 is 0 Å². The van der Waals surface area contributed by atoms with Crippen LogP contribution in [0.5, 0.6) is 0 Å². The molecule has 0 aliphatic heterocycles. The monoisotopic (exact) mass is 363 g/mol. The largest absolute Gasteiger partial charge is 0.337 e. The molecule has 0 saturated carbocycles. The van der Waals surface area contributed by atoms with E-state index in [1.165, 1.54) is 12.1 Å². The number of rotatable bonds is 4. The third kappa shape index (κ3) is 3.44. The molecule has 4 rings (SSSR count). The number of aromatic nitrogens is 4. The highest BCUT2D eigenvalue weighted by Gasteiger charge is 2.14. The summed E-state index contributed by atoms with van der Waals surface area (Å²) in [6.07, 6.45) is 7.23. The normalized spacial score (nSPS) is 11.1. The molecule has 7 heteroatoms. The molecule has 0 saturated heterocycles. The number of halogens is 1. The van der Waals surface area contributed by atoms with E-state index in [2.05, 4.69) is 10.1 Å². The number of aryl methyl sites for hydroxylation is 1. The van der Waals surface area contributed by atoms with Gasteiger partial charge in [-0.25, -0.2) is 9.37 Å². The Labute approximate surface area is 155 Å². The Hall–Kier alpha value is -3.48. The van der Waals surface area contributed by atoms with Crippen LogP contribution < -0.4 is 0 Å². The van der Waals surface area contributed by atoms with E-state index < -0.39 is 0 Å². The number of imidazole rings is 1. The lowest BCUT2D eigenvalue weighted by Gasteiger charge is -2.16. The molecule has 0 aliphatic rings. The molecule has 136 valence electrons. The topological polar surface area (TPSA) is 55.4 Å². The summed E-state index contributed by atoms with van der Waals surface area (Å²) < 4.78 is 16.6. The summed E-state index contributed by atoms with van der Waals surface area (Å²) in [4.78, 5) is 18.9. The van der Waals surface area contributed by atoms with Gasteiger partial charge in [0.15, 0.2) is 0 Å². The minimum absolute atomic E-state index is 0.0854. The molecule has 0 N–H and O–H groups in total. The van der Waals surface area contributed by atoms with Crippen molar-refractivity contribution in [3.05, 3.63) is 78.1 Å². The maximum absolute atomic E-state index is 13.1. The average Bonchev–Trinajstić information content (AvgIpc) is 3.26. The van der Waals surface area contributed by atoms with Crippen molar-refractivity contribution < 1.29 is 9.18 Å². The van der Waals surface area contributed by atoms with Crippen LogP contribution >= 0.6 is 0 Å². The number of hydrogen-bond donors (Lipinski definition) is 0. The zero-order valence-corrected chi connectivity index (χ0v) is 15.0. The molecule has 1 amide bonds. The van der Waals surface area contributed by atoms with Crippen LogP contribution in [0.1, 0.15) is 15.9 Å². The maximum Gasteiger partial charge on any atom is 0.255 e. The van der Waals surface area contributed by atoms with E-state index in [0.717, 1.165) is 22.5 Å². The number of fused-ring (bicyclic) bond motifs is 1. The van der Waals surface area contributed by atoms with E-state index in [4.69, 9.17) is 0 Å². The first kappa shape index (κ1) is 17.0. The summed E-state index contributed by atoms with van der Waals surface area (Å²) in [7, 11) is 3.61. The SMILES string of the molecule is CN(Cc1cnn(C)c1)C(=O)c1ccc2nc(-c3ccc(F)cc3)cn2c1. The number of benzene rings is 1. The number of pyridine rings is 1. The molecule has 0 fully saturated rings. The van der Waals surface area contributed by atoms with Crippen molar-refractivity contribution in [2.24, 2.45) is 7.05 Å². The second kappa shape index (κ2) is 6.68. The minimum Gasteiger partial charge on any atom is -0.337 e. The van der Waals surface area contributed by atoms with E-state index in [9.17, 15) is 9.18 Å². The molecule has 6 nitrogen and oxygen atoms in total. The predicted molar refractivity (Wildman–Crippen MR) is 99.6 cm³/mol. The number of nitrogens with zero attached hydrogens (tertiary/aromatic N) is 5. The van der Waals surface area contributed by atoms with Crippen molar-refractivity contribution in [2.45, 2.75) is 6.54 Å². The van der Waals surface area contributed by atoms with Crippen molar-refractivity contribution in [1.29, 1.82) is 0 Å². The fourth-order valence-corrected chi connectivity index (χ4v) is 3.00. The van der Waals surface area contributed by atoms with Gasteiger partial charge in [-0.05, 0) is 36.4 Å². The van der Waals surface area contributed by atoms with E-state index in [-0.39, 0.29) is 11.7 Å². The van der Waals surface area contributed by atoms with Gasteiger partial charge in [-0.1, -0.05) is 0 Å². The molecule has 0 spiro atoms. The van der Waals surface area contributed by atoms with E-state index in [1.54, 1.807) is 53.3 Å². The Balaban J connectivity index is 1.58. The third-order valence-electron chi connectivity index (χ3n) is 4.36. The van der Waals surface area contributed by atoms with Gasteiger partial charge < -0.3 is 9.30 Å². The number of amides is 1. The molecule has 4 aromatic rings. The van der Waals surface area contributed by atoms with Crippen LogP contribution in [0.3, 0.4) is 0 Å². The lowest BCUT2D eigenvalue weighted by atomic mass is 10.2. The van der Waals surface area contributed by atoms with Gasteiger partial charge >= 0.3 is 0 Å². The molecule has 0 radical (unpaired) electrons. The highest BCUT2D eigenvalue weighted by Crippen LogP contribution is 2.20. The van der Waals surface area contributed by atoms with Gasteiger partial charge in [0.25, 0.3) is 5.91 Å². The van der Waals surface area contributed by atoms with E-state index in [0.29, 0.717) is 12.1 Å². The van der Waals surface area contributed by atoms with Crippen LogP contribution in [0, 0.1) is 5.82 Å². The summed E-state index contributed by atoms with van der Waals surface area (Å²) >= 11 is 0. The molecule has 0 bridgehead atoms. The maximum atomic E-state index is 13.1. The zero-order valence-electron chi connectivity index (χ0n) is 15.0. The molecule has 3 heterocycles. The Morgan fingerprint density at radius 2 is 1.89 bits per heavy atom. The number of carbonyl (C=O) groups is 1. The zero-order chi connectivity index (χ0) is 19.0. The Morgan fingerprint density at radius 3 is 2.59 bits per heavy atom. The Morgan fingerprint density at radius 1 is 1.11 bits per heavy atom. The van der Waals surface area contributed by atoms with Crippen molar-refractivity contribution in [3.8, 4) is 11.3 Å². The summed E-state index contributed by atoms with van der Waals surface area (Å²) in [5.41, 5.74) is 3.80. The highest BCUT2D eigenvalue weighted by atomic mass is 19.1. The van der Waals surface area contributed by atoms with Gasteiger partial charge in [0, 0.05) is 50.4 Å². The van der Waals surface area contributed by atoms with Crippen LogP contribution in [0.15, 0.2) is 61.2 Å². The van der Waals surface area contributed by atoms with Crippen LogP contribution in [0.4, 0.5) is 4.39 Å². The van der Waals surface area contributed by atoms with Crippen molar-refractivity contribution in [2.75, 3.05) is 7.05 Å². The Kier molecular flexibility index (Phi) is 4.19. The van der Waals surface area contributed by atoms with Gasteiger partial charge in [-0.2, -0.15) is 5.10 Å². The average molecular weight is 363 g/mol. The molecule has 0 unspecified atom stereocenters. The molecular formula is C20H18FN5O. The molecule has 27 heavy (non-hydrogen) atoms. The third-order valence-corrected chi connectivity index (χ3v) is 4.36. The number of hydrogen-bond acceptors (Lipinski definition) is 3. The van der Waals surface area contributed by atoms with Gasteiger partial charge in [0.2, 0.25) is 0 Å². The lowest BCUT2D eigenvalue weighted by molar-refractivity contribution is 0.0784. The standard InChI is InChI=1S/C20H18FN5O/c1-24(10-14-9-22-25(2)11-14)20(27)16-5-8-19-23-18(13-26(19)12-16)15-3-6-17(21)7-4-15/h3-9,11-13H,10H2,1-2H3. The van der Waals surface area contributed by atoms with Crippen LogP contribution in [-0.2, 0) is 13.6 Å². The quantitative estimate of drug-likeness (QED) is 0.560. The fraction of sp³-hybridized carbons (Fsp3) is 0.150. The first-order valence-corrected chi connectivity index (χ1v) is 8.47. The first-order valence-electron chi connectivity index (χ1n) is 8.47. The van der Waals surface area contributed by atoms with Crippen molar-refractivity contribution in [3.63, 3.8) is 0 Å². The first-order chi connectivity index (χ1) is 13.0. The second-order valence-electron chi connectivity index (χ2n) is 6.50.